The van der Waals surface area contributed by atoms with Crippen LogP contribution < -0.4 is 10.6 Å². The van der Waals surface area contributed by atoms with Crippen molar-refractivity contribution in [3.05, 3.63) is 29.6 Å². The summed E-state index contributed by atoms with van der Waals surface area (Å²) in [6.07, 6.45) is 7.57. The molecule has 2 fully saturated rings. The van der Waals surface area contributed by atoms with Crippen molar-refractivity contribution in [3.63, 3.8) is 0 Å². The van der Waals surface area contributed by atoms with Gasteiger partial charge in [0, 0.05) is 23.5 Å². The predicted octanol–water partition coefficient (Wildman–Crippen LogP) is 1.79. The minimum absolute atomic E-state index is 0.00822. The minimum atomic E-state index is 0.00822. The van der Waals surface area contributed by atoms with Gasteiger partial charge in [-0.05, 0) is 57.7 Å². The Kier molecular flexibility index (Phi) is 3.27. The van der Waals surface area contributed by atoms with Crippen molar-refractivity contribution in [2.45, 2.75) is 50.6 Å². The van der Waals surface area contributed by atoms with Crippen LogP contribution in [-0.2, 0) is 0 Å². The average Bonchev–Trinajstić information content (AvgIpc) is 2.38. The van der Waals surface area contributed by atoms with Crippen LogP contribution in [0.2, 0.25) is 0 Å². The molecule has 4 heteroatoms. The maximum Gasteiger partial charge on any atom is 0.253 e. The maximum absolute atomic E-state index is 12.2. The van der Waals surface area contributed by atoms with Crippen LogP contribution in [0.3, 0.4) is 0 Å². The Morgan fingerprint density at radius 1 is 1.47 bits per heavy atom. The van der Waals surface area contributed by atoms with Gasteiger partial charge in [0.2, 0.25) is 0 Å². The van der Waals surface area contributed by atoms with Crippen molar-refractivity contribution in [2.24, 2.45) is 0 Å². The molecular formula is C15H21N3O. The minimum Gasteiger partial charge on any atom is -0.349 e. The fraction of sp³-hybridized carbons (Fsp3) is 0.600. The molecule has 4 nitrogen and oxygen atoms in total. The third-order valence-corrected chi connectivity index (χ3v) is 4.45. The number of aryl methyl sites for hydroxylation is 1. The summed E-state index contributed by atoms with van der Waals surface area (Å²) in [5, 5.41) is 6.78. The fourth-order valence-electron chi connectivity index (χ4n) is 3.14. The Bertz CT molecular complexity index is 465. The Morgan fingerprint density at radius 2 is 2.32 bits per heavy atom. The van der Waals surface area contributed by atoms with Crippen LogP contribution in [0.4, 0.5) is 0 Å². The summed E-state index contributed by atoms with van der Waals surface area (Å²) in [6, 6.07) is 4.03. The number of piperidine rings is 1. The van der Waals surface area contributed by atoms with E-state index in [-0.39, 0.29) is 5.91 Å². The molecule has 1 aliphatic heterocycles. The number of amides is 1. The molecular weight excluding hydrogens is 238 g/mol. The van der Waals surface area contributed by atoms with E-state index in [9.17, 15) is 4.79 Å². The first kappa shape index (κ1) is 12.6. The van der Waals surface area contributed by atoms with Gasteiger partial charge in [-0.15, -0.1) is 0 Å². The van der Waals surface area contributed by atoms with Crippen LogP contribution in [0, 0.1) is 6.92 Å². The largest absolute Gasteiger partial charge is 0.349 e. The quantitative estimate of drug-likeness (QED) is 0.851. The number of pyridine rings is 1. The van der Waals surface area contributed by atoms with Gasteiger partial charge in [-0.2, -0.15) is 0 Å². The number of hydrogen-bond acceptors (Lipinski definition) is 3. The van der Waals surface area contributed by atoms with Gasteiger partial charge in [-0.25, -0.2) is 0 Å². The maximum atomic E-state index is 12.2. The van der Waals surface area contributed by atoms with Crippen molar-refractivity contribution in [2.75, 3.05) is 6.54 Å². The van der Waals surface area contributed by atoms with E-state index in [0.717, 1.165) is 25.1 Å². The molecule has 1 aromatic rings. The Labute approximate surface area is 114 Å². The molecule has 1 aliphatic carbocycles. The highest BCUT2D eigenvalue weighted by Gasteiger charge is 2.41. The smallest absolute Gasteiger partial charge is 0.253 e. The molecule has 0 aromatic carbocycles. The summed E-state index contributed by atoms with van der Waals surface area (Å²) < 4.78 is 0. The van der Waals surface area contributed by atoms with Crippen LogP contribution in [0.15, 0.2) is 18.3 Å². The van der Waals surface area contributed by atoms with Gasteiger partial charge >= 0.3 is 0 Å². The number of rotatable bonds is 2. The second-order valence-electron chi connectivity index (χ2n) is 5.91. The average molecular weight is 259 g/mol. The zero-order chi connectivity index (χ0) is 13.3. The van der Waals surface area contributed by atoms with Crippen LogP contribution in [0.5, 0.6) is 0 Å². The van der Waals surface area contributed by atoms with Crippen LogP contribution in [0.1, 0.15) is 48.2 Å². The molecule has 19 heavy (non-hydrogen) atoms. The molecule has 1 saturated carbocycles. The topological polar surface area (TPSA) is 54.0 Å². The predicted molar refractivity (Wildman–Crippen MR) is 74.0 cm³/mol. The lowest BCUT2D eigenvalue weighted by Gasteiger charge is -2.48. The monoisotopic (exact) mass is 259 g/mol. The molecule has 2 aliphatic rings. The van der Waals surface area contributed by atoms with Gasteiger partial charge in [0.25, 0.3) is 5.91 Å². The Balaban J connectivity index is 1.61. The lowest BCUT2D eigenvalue weighted by molar-refractivity contribution is 0.0852. The summed E-state index contributed by atoms with van der Waals surface area (Å²) in [5.41, 5.74) is 1.92. The van der Waals surface area contributed by atoms with Crippen LogP contribution >= 0.6 is 0 Å². The molecule has 1 amide bonds. The third-order valence-electron chi connectivity index (χ3n) is 4.45. The van der Waals surface area contributed by atoms with Crippen molar-refractivity contribution < 1.29 is 4.79 Å². The van der Waals surface area contributed by atoms with E-state index in [2.05, 4.69) is 15.6 Å². The molecule has 0 radical (unpaired) electrons. The Hall–Kier alpha value is -1.42. The molecule has 2 N–H and O–H groups in total. The van der Waals surface area contributed by atoms with Gasteiger partial charge in [0.05, 0.1) is 5.56 Å². The van der Waals surface area contributed by atoms with Gasteiger partial charge < -0.3 is 10.6 Å². The molecule has 3 rings (SSSR count). The molecule has 0 bridgehead atoms. The molecule has 1 unspecified atom stereocenters. The van der Waals surface area contributed by atoms with Gasteiger partial charge in [0.15, 0.2) is 0 Å². The van der Waals surface area contributed by atoms with E-state index in [4.69, 9.17) is 0 Å². The van der Waals surface area contributed by atoms with Gasteiger partial charge in [-0.1, -0.05) is 0 Å². The van der Waals surface area contributed by atoms with E-state index in [1.165, 1.54) is 19.3 Å². The van der Waals surface area contributed by atoms with E-state index in [0.29, 0.717) is 17.1 Å². The molecule has 102 valence electrons. The van der Waals surface area contributed by atoms with Crippen molar-refractivity contribution in [3.8, 4) is 0 Å². The summed E-state index contributed by atoms with van der Waals surface area (Å²) in [4.78, 5) is 16.3. The SMILES string of the molecule is Cc1ccc(C(=O)NC2CCNC3(CCC3)C2)cn1. The molecule has 1 atom stereocenters. The first-order valence-corrected chi connectivity index (χ1v) is 7.15. The fourth-order valence-corrected chi connectivity index (χ4v) is 3.14. The van der Waals surface area contributed by atoms with E-state index >= 15 is 0 Å². The standard InChI is InChI=1S/C15H21N3O/c1-11-3-4-12(10-16-11)14(19)18-13-5-8-17-15(9-13)6-2-7-15/h3-4,10,13,17H,2,5-9H2,1H3,(H,18,19). The van der Waals surface area contributed by atoms with E-state index in [1.54, 1.807) is 6.20 Å². The van der Waals surface area contributed by atoms with Crippen LogP contribution in [0.25, 0.3) is 0 Å². The molecule has 2 heterocycles. The zero-order valence-electron chi connectivity index (χ0n) is 11.4. The van der Waals surface area contributed by atoms with Crippen molar-refractivity contribution in [1.82, 2.24) is 15.6 Å². The first-order valence-electron chi connectivity index (χ1n) is 7.15. The molecule has 1 saturated heterocycles. The van der Waals surface area contributed by atoms with Crippen molar-refractivity contribution >= 4 is 5.91 Å². The summed E-state index contributed by atoms with van der Waals surface area (Å²) in [6.45, 7) is 2.94. The number of nitrogens with zero attached hydrogens (tertiary/aromatic N) is 1. The van der Waals surface area contributed by atoms with Gasteiger partial charge in [-0.3, -0.25) is 9.78 Å². The molecule has 1 spiro atoms. The summed E-state index contributed by atoms with van der Waals surface area (Å²) in [5.74, 6) is 0.00822. The van der Waals surface area contributed by atoms with E-state index < -0.39 is 0 Å². The number of nitrogens with one attached hydrogen (secondary N) is 2. The van der Waals surface area contributed by atoms with Gasteiger partial charge in [0.1, 0.15) is 0 Å². The molecule has 1 aromatic heterocycles. The number of aromatic nitrogens is 1. The van der Waals surface area contributed by atoms with Crippen molar-refractivity contribution in [1.29, 1.82) is 0 Å². The number of carbonyl (C=O) groups excluding carboxylic acids is 1. The highest BCUT2D eigenvalue weighted by Crippen LogP contribution is 2.38. The zero-order valence-corrected chi connectivity index (χ0v) is 11.4. The van der Waals surface area contributed by atoms with E-state index in [1.807, 2.05) is 19.1 Å². The van der Waals surface area contributed by atoms with Crippen LogP contribution in [-0.4, -0.2) is 29.0 Å². The normalized spacial score (nSPS) is 24.8. The number of carbonyl (C=O) groups is 1. The second-order valence-corrected chi connectivity index (χ2v) is 5.91. The second kappa shape index (κ2) is 4.93. The summed E-state index contributed by atoms with van der Waals surface area (Å²) >= 11 is 0. The highest BCUT2D eigenvalue weighted by atomic mass is 16.1. The summed E-state index contributed by atoms with van der Waals surface area (Å²) in [7, 11) is 0. The highest BCUT2D eigenvalue weighted by molar-refractivity contribution is 5.94. The lowest BCUT2D eigenvalue weighted by Crippen LogP contribution is -2.59. The first-order chi connectivity index (χ1) is 9.17. The lowest BCUT2D eigenvalue weighted by atomic mass is 9.70. The Morgan fingerprint density at radius 3 is 2.95 bits per heavy atom. The third kappa shape index (κ3) is 2.63. The number of hydrogen-bond donors (Lipinski definition) is 2.